The van der Waals surface area contributed by atoms with Gasteiger partial charge in [-0.15, -0.1) is 0 Å². The molecule has 0 saturated heterocycles. The molecule has 0 spiro atoms. The van der Waals surface area contributed by atoms with Crippen LogP contribution in [-0.2, 0) is 11.0 Å². The fourth-order valence-electron chi connectivity index (χ4n) is 2.04. The Labute approximate surface area is 154 Å². The lowest BCUT2D eigenvalue weighted by molar-refractivity contribution is -0.137. The van der Waals surface area contributed by atoms with Gasteiger partial charge in [-0.05, 0) is 42.5 Å². The van der Waals surface area contributed by atoms with Gasteiger partial charge in [-0.3, -0.25) is 15.6 Å². The first-order chi connectivity index (χ1) is 12.5. The van der Waals surface area contributed by atoms with E-state index in [-0.39, 0.29) is 17.3 Å². The van der Waals surface area contributed by atoms with Crippen LogP contribution in [0, 0.1) is 11.2 Å². The van der Waals surface area contributed by atoms with Crippen molar-refractivity contribution in [2.24, 2.45) is 10.4 Å². The zero-order valence-corrected chi connectivity index (χ0v) is 15.0. The van der Waals surface area contributed by atoms with Gasteiger partial charge in [-0.25, -0.2) is 9.38 Å². The number of benzene rings is 2. The predicted octanol–water partition coefficient (Wildman–Crippen LogP) is 5.11. The molecule has 0 aliphatic rings. The molecule has 0 bridgehead atoms. The van der Waals surface area contributed by atoms with E-state index in [9.17, 15) is 22.4 Å². The highest BCUT2D eigenvalue weighted by atomic mass is 19.4. The third-order valence-electron chi connectivity index (χ3n) is 3.48. The summed E-state index contributed by atoms with van der Waals surface area (Å²) < 4.78 is 51.2. The van der Waals surface area contributed by atoms with Gasteiger partial charge in [0.05, 0.1) is 16.9 Å². The minimum Gasteiger partial charge on any atom is -0.300 e. The smallest absolute Gasteiger partial charge is 0.300 e. The van der Waals surface area contributed by atoms with Crippen LogP contribution < -0.4 is 10.9 Å². The number of carbonyl (C=O) groups excluding carboxylic acids is 1. The van der Waals surface area contributed by atoms with Gasteiger partial charge in [0, 0.05) is 5.41 Å². The van der Waals surface area contributed by atoms with Gasteiger partial charge in [0.25, 0.3) is 0 Å². The van der Waals surface area contributed by atoms with E-state index in [2.05, 4.69) is 15.8 Å². The van der Waals surface area contributed by atoms with Crippen molar-refractivity contribution in [2.75, 3.05) is 5.43 Å². The third kappa shape index (κ3) is 5.80. The lowest BCUT2D eigenvalue weighted by Gasteiger charge is -2.20. The Bertz CT molecular complexity index is 837. The molecule has 0 heterocycles. The van der Waals surface area contributed by atoms with E-state index in [1.54, 1.807) is 20.8 Å². The summed E-state index contributed by atoms with van der Waals surface area (Å²) in [5.41, 5.74) is 4.23. The number of hydrogen-bond donors (Lipinski definition) is 2. The molecule has 0 aliphatic heterocycles. The van der Waals surface area contributed by atoms with Crippen LogP contribution in [0.5, 0.6) is 0 Å². The van der Waals surface area contributed by atoms with E-state index in [0.29, 0.717) is 5.69 Å². The van der Waals surface area contributed by atoms with Crippen LogP contribution in [0.15, 0.2) is 53.5 Å². The van der Waals surface area contributed by atoms with Crippen molar-refractivity contribution in [3.63, 3.8) is 0 Å². The van der Waals surface area contributed by atoms with Crippen LogP contribution in [-0.4, -0.2) is 11.6 Å². The molecule has 0 radical (unpaired) electrons. The van der Waals surface area contributed by atoms with E-state index >= 15 is 0 Å². The Morgan fingerprint density at radius 3 is 2.15 bits per heavy atom. The number of halogens is 4. The molecule has 0 aromatic heterocycles. The number of nitrogens with zero attached hydrogens (tertiary/aromatic N) is 1. The number of nitrogens with one attached hydrogen (secondary N) is 2. The molecule has 0 aliphatic carbocycles. The largest absolute Gasteiger partial charge is 0.416 e. The first-order valence-electron chi connectivity index (χ1n) is 8.05. The monoisotopic (exact) mass is 381 g/mol. The highest BCUT2D eigenvalue weighted by Crippen LogP contribution is 2.29. The number of rotatable bonds is 4. The molecular formula is C19H19F4N3O. The molecule has 2 rings (SSSR count). The fourth-order valence-corrected chi connectivity index (χ4v) is 2.04. The molecule has 27 heavy (non-hydrogen) atoms. The van der Waals surface area contributed by atoms with Gasteiger partial charge in [-0.1, -0.05) is 26.8 Å². The van der Waals surface area contributed by atoms with Crippen molar-refractivity contribution >= 4 is 23.0 Å². The number of Topliss-reactive ketones (excluding diaryl/α,β-unsaturated/α-hetero) is 1. The normalized spacial score (nSPS) is 12.6. The van der Waals surface area contributed by atoms with Gasteiger partial charge in [0.2, 0.25) is 5.78 Å². The minimum atomic E-state index is -4.43. The number of hydrazine groups is 1. The van der Waals surface area contributed by atoms with Crippen LogP contribution in [0.1, 0.15) is 26.3 Å². The van der Waals surface area contributed by atoms with Gasteiger partial charge in [0.1, 0.15) is 5.82 Å². The molecule has 144 valence electrons. The van der Waals surface area contributed by atoms with Crippen molar-refractivity contribution < 1.29 is 22.4 Å². The number of alkyl halides is 3. The maximum absolute atomic E-state index is 13.4. The summed E-state index contributed by atoms with van der Waals surface area (Å²) in [7, 11) is 0. The Morgan fingerprint density at radius 1 is 1.00 bits per heavy atom. The van der Waals surface area contributed by atoms with Crippen molar-refractivity contribution in [2.45, 2.75) is 26.9 Å². The van der Waals surface area contributed by atoms with E-state index in [0.717, 1.165) is 18.2 Å². The van der Waals surface area contributed by atoms with Gasteiger partial charge in [0.15, 0.2) is 5.84 Å². The van der Waals surface area contributed by atoms with Gasteiger partial charge < -0.3 is 0 Å². The Balaban J connectivity index is 2.23. The molecular weight excluding hydrogens is 362 g/mol. The topological polar surface area (TPSA) is 53.5 Å². The lowest BCUT2D eigenvalue weighted by Crippen LogP contribution is -2.41. The number of hydrogen-bond acceptors (Lipinski definition) is 3. The van der Waals surface area contributed by atoms with Crippen LogP contribution in [0.4, 0.5) is 28.9 Å². The number of amidine groups is 1. The summed E-state index contributed by atoms with van der Waals surface area (Å²) >= 11 is 0. The number of ketones is 1. The van der Waals surface area contributed by atoms with Crippen molar-refractivity contribution in [1.82, 2.24) is 5.43 Å². The molecule has 0 atom stereocenters. The quantitative estimate of drug-likeness (QED) is 0.335. The summed E-state index contributed by atoms with van der Waals surface area (Å²) in [6, 6.07) is 9.66. The Hall–Kier alpha value is -2.90. The van der Waals surface area contributed by atoms with E-state index in [1.165, 1.54) is 30.3 Å². The number of carbonyl (C=O) groups is 1. The molecule has 0 unspecified atom stereocenters. The first kappa shape index (κ1) is 20.4. The Kier molecular flexibility index (Phi) is 5.88. The molecule has 0 saturated carbocycles. The standard InChI is InChI=1S/C19H19F4N3O/c1-18(2,3)16(27)17(24-15-6-4-5-13(20)11-15)26-25-14-9-7-12(8-10-14)19(21,22)23/h4-11,25H,1-3H3,(H,24,26). The second kappa shape index (κ2) is 7.77. The second-order valence-electron chi connectivity index (χ2n) is 6.84. The zero-order valence-electron chi connectivity index (χ0n) is 15.0. The molecule has 0 amide bonds. The summed E-state index contributed by atoms with van der Waals surface area (Å²) in [6.45, 7) is 5.07. The molecule has 8 heteroatoms. The van der Waals surface area contributed by atoms with Crippen LogP contribution in [0.25, 0.3) is 0 Å². The Morgan fingerprint density at radius 2 is 1.63 bits per heavy atom. The summed E-state index contributed by atoms with van der Waals surface area (Å²) in [5.74, 6) is -0.950. The zero-order chi connectivity index (χ0) is 20.2. The van der Waals surface area contributed by atoms with Crippen molar-refractivity contribution in [1.29, 1.82) is 0 Å². The second-order valence-corrected chi connectivity index (χ2v) is 6.84. The highest BCUT2D eigenvalue weighted by molar-refractivity contribution is 6.41. The van der Waals surface area contributed by atoms with Gasteiger partial charge >= 0.3 is 6.18 Å². The molecule has 4 nitrogen and oxygen atoms in total. The average molecular weight is 381 g/mol. The maximum atomic E-state index is 13.4. The summed E-state index contributed by atoms with van der Waals surface area (Å²) in [4.78, 5) is 16.7. The summed E-state index contributed by atoms with van der Waals surface area (Å²) in [6.07, 6.45) is -4.43. The van der Waals surface area contributed by atoms with Crippen molar-refractivity contribution in [3.8, 4) is 0 Å². The molecule has 0 fully saturated rings. The van der Waals surface area contributed by atoms with E-state index in [4.69, 9.17) is 0 Å². The predicted molar refractivity (Wildman–Crippen MR) is 96.2 cm³/mol. The summed E-state index contributed by atoms with van der Waals surface area (Å²) in [5, 5.41) is 0. The van der Waals surface area contributed by atoms with Crippen molar-refractivity contribution in [3.05, 3.63) is 59.9 Å². The van der Waals surface area contributed by atoms with Crippen LogP contribution in [0.3, 0.4) is 0 Å². The minimum absolute atomic E-state index is 0.0898. The van der Waals surface area contributed by atoms with Gasteiger partial charge in [-0.2, -0.15) is 13.2 Å². The highest BCUT2D eigenvalue weighted by Gasteiger charge is 2.30. The average Bonchev–Trinajstić information content (AvgIpc) is 2.57. The van der Waals surface area contributed by atoms with Crippen LogP contribution >= 0.6 is 0 Å². The third-order valence-corrected chi connectivity index (χ3v) is 3.48. The molecule has 2 aromatic rings. The van der Waals surface area contributed by atoms with Crippen LogP contribution in [0.2, 0.25) is 0 Å². The van der Waals surface area contributed by atoms with E-state index in [1.807, 2.05) is 0 Å². The number of aliphatic imine (C=N–C) groups is 1. The molecule has 2 aromatic carbocycles. The first-order valence-corrected chi connectivity index (χ1v) is 8.05. The fraction of sp³-hybridized carbons (Fsp3) is 0.263. The molecule has 2 N–H and O–H groups in total. The lowest BCUT2D eigenvalue weighted by atomic mass is 9.90. The number of anilines is 1. The maximum Gasteiger partial charge on any atom is 0.416 e. The SMILES string of the molecule is CC(C)(C)C(=O)C(=Nc1cccc(F)c1)NNc1ccc(C(F)(F)F)cc1. The van der Waals surface area contributed by atoms with E-state index < -0.39 is 23.0 Å².